The van der Waals surface area contributed by atoms with Crippen molar-refractivity contribution < 1.29 is 19.6 Å². The fraction of sp³-hybridized carbons (Fsp3) is 0.0909. The lowest BCUT2D eigenvalue weighted by atomic mass is 10.1. The summed E-state index contributed by atoms with van der Waals surface area (Å²) in [6, 6.07) is 12.7. The van der Waals surface area contributed by atoms with Crippen LogP contribution in [0.1, 0.15) is 16.7 Å². The predicted octanol–water partition coefficient (Wildman–Crippen LogP) is 5.18. The second kappa shape index (κ2) is 7.32. The molecule has 0 saturated carbocycles. The lowest BCUT2D eigenvalue weighted by molar-refractivity contribution is -0.385. The van der Waals surface area contributed by atoms with Crippen LogP contribution < -0.4 is 0 Å². The maximum atomic E-state index is 11.0. The van der Waals surface area contributed by atoms with Crippen LogP contribution in [0, 0.1) is 24.0 Å². The van der Waals surface area contributed by atoms with E-state index in [1.165, 1.54) is 30.5 Å². The van der Waals surface area contributed by atoms with Crippen molar-refractivity contribution in [3.05, 3.63) is 75.3 Å². The molecule has 0 bridgehead atoms. The fourth-order valence-corrected chi connectivity index (χ4v) is 3.21. The Kier molecular flexibility index (Phi) is 4.67. The molecule has 0 amide bonds. The number of fused-ring (bicyclic) bond motifs is 1. The van der Waals surface area contributed by atoms with Gasteiger partial charge in [-0.3, -0.25) is 15.1 Å². The van der Waals surface area contributed by atoms with E-state index in [9.17, 15) is 20.3 Å². The Hall–Kier alpha value is -4.20. The van der Waals surface area contributed by atoms with Crippen LogP contribution in [0.2, 0.25) is 0 Å². The number of nitro groups is 1. The number of nitro benzene ring substituents is 1. The molecule has 0 aliphatic carbocycles. The van der Waals surface area contributed by atoms with Crippen LogP contribution in [0.3, 0.4) is 0 Å². The Morgan fingerprint density at radius 3 is 2.70 bits per heavy atom. The van der Waals surface area contributed by atoms with E-state index in [2.05, 4.69) is 9.98 Å². The summed E-state index contributed by atoms with van der Waals surface area (Å²) in [4.78, 5) is 19.0. The first-order valence-electron chi connectivity index (χ1n) is 9.05. The summed E-state index contributed by atoms with van der Waals surface area (Å²) in [5, 5.41) is 31.3. The first-order chi connectivity index (χ1) is 14.3. The van der Waals surface area contributed by atoms with Crippen molar-refractivity contribution in [1.29, 1.82) is 0 Å². The molecule has 30 heavy (non-hydrogen) atoms. The minimum absolute atomic E-state index is 0.0203. The van der Waals surface area contributed by atoms with E-state index in [1.807, 2.05) is 26.0 Å². The average molecular weight is 403 g/mol. The summed E-state index contributed by atoms with van der Waals surface area (Å²) in [5.74, 6) is -0.227. The largest absolute Gasteiger partial charge is 0.507 e. The zero-order valence-corrected chi connectivity index (χ0v) is 16.2. The van der Waals surface area contributed by atoms with Crippen molar-refractivity contribution in [2.45, 2.75) is 13.8 Å². The van der Waals surface area contributed by atoms with Crippen LogP contribution in [-0.4, -0.2) is 26.3 Å². The standard InChI is InChI=1S/C22H17N3O5/c1-12-8-13(2)21-17(9-12)24-22(30-21)16-10-15(6-7-19(16)26)23-11-14-4-3-5-18(20(14)27)25(28)29/h3-11,26-27H,1-2H3. The van der Waals surface area contributed by atoms with Gasteiger partial charge in [-0.1, -0.05) is 12.1 Å². The molecule has 4 rings (SSSR count). The molecule has 2 N–H and O–H groups in total. The van der Waals surface area contributed by atoms with Crippen molar-refractivity contribution in [2.75, 3.05) is 0 Å². The number of rotatable bonds is 4. The van der Waals surface area contributed by atoms with Gasteiger partial charge in [0.1, 0.15) is 11.3 Å². The van der Waals surface area contributed by atoms with Gasteiger partial charge in [0.2, 0.25) is 11.6 Å². The molecule has 0 saturated heterocycles. The van der Waals surface area contributed by atoms with E-state index in [1.54, 1.807) is 12.1 Å². The first-order valence-corrected chi connectivity index (χ1v) is 9.05. The van der Waals surface area contributed by atoms with Gasteiger partial charge < -0.3 is 14.6 Å². The Bertz CT molecular complexity index is 1320. The summed E-state index contributed by atoms with van der Waals surface area (Å²) in [6.07, 6.45) is 1.32. The van der Waals surface area contributed by atoms with Crippen molar-refractivity contribution >= 4 is 28.7 Å². The number of phenols is 2. The maximum absolute atomic E-state index is 11.0. The number of oxazole rings is 1. The number of aromatic hydroxyl groups is 2. The van der Waals surface area contributed by atoms with E-state index in [0.29, 0.717) is 22.4 Å². The molecule has 1 heterocycles. The molecular formula is C22H17N3O5. The normalized spacial score (nSPS) is 11.4. The van der Waals surface area contributed by atoms with Gasteiger partial charge >= 0.3 is 5.69 Å². The highest BCUT2D eigenvalue weighted by atomic mass is 16.6. The summed E-state index contributed by atoms with van der Waals surface area (Å²) < 4.78 is 5.86. The van der Waals surface area contributed by atoms with E-state index >= 15 is 0 Å². The molecule has 150 valence electrons. The first kappa shape index (κ1) is 19.1. The molecule has 8 nitrogen and oxygen atoms in total. The lowest BCUT2D eigenvalue weighted by Gasteiger charge is -2.02. The fourth-order valence-electron chi connectivity index (χ4n) is 3.21. The zero-order chi connectivity index (χ0) is 21.4. The van der Waals surface area contributed by atoms with Gasteiger partial charge in [0.15, 0.2) is 5.58 Å². The van der Waals surface area contributed by atoms with Crippen LogP contribution in [0.5, 0.6) is 11.5 Å². The third-order valence-electron chi connectivity index (χ3n) is 4.63. The highest BCUT2D eigenvalue weighted by molar-refractivity contribution is 5.88. The Labute approximate surface area is 170 Å². The SMILES string of the molecule is Cc1cc(C)c2oc(-c3cc(N=Cc4cccc([N+](=O)[O-])c4O)ccc3O)nc2c1. The van der Waals surface area contributed by atoms with Gasteiger partial charge in [0.25, 0.3) is 0 Å². The van der Waals surface area contributed by atoms with Crippen LogP contribution in [0.4, 0.5) is 11.4 Å². The third-order valence-corrected chi connectivity index (χ3v) is 4.63. The van der Waals surface area contributed by atoms with Gasteiger partial charge in [0.05, 0.1) is 16.2 Å². The third kappa shape index (κ3) is 3.46. The van der Waals surface area contributed by atoms with Crippen molar-refractivity contribution in [2.24, 2.45) is 4.99 Å². The minimum atomic E-state index is -0.664. The second-order valence-corrected chi connectivity index (χ2v) is 6.88. The smallest absolute Gasteiger partial charge is 0.311 e. The number of benzene rings is 3. The second-order valence-electron chi connectivity index (χ2n) is 6.88. The number of aliphatic imine (C=N–C) groups is 1. The molecule has 8 heteroatoms. The number of para-hydroxylation sites is 1. The van der Waals surface area contributed by atoms with E-state index in [0.717, 1.165) is 11.1 Å². The van der Waals surface area contributed by atoms with Gasteiger partial charge in [-0.05, 0) is 55.3 Å². The summed E-state index contributed by atoms with van der Waals surface area (Å²) >= 11 is 0. The molecule has 3 aromatic carbocycles. The van der Waals surface area contributed by atoms with Gasteiger partial charge in [-0.2, -0.15) is 0 Å². The van der Waals surface area contributed by atoms with Crippen LogP contribution >= 0.6 is 0 Å². The number of aryl methyl sites for hydroxylation is 2. The molecule has 0 fully saturated rings. The number of phenolic OH excluding ortho intramolecular Hbond substituents is 2. The molecule has 0 spiro atoms. The lowest BCUT2D eigenvalue weighted by Crippen LogP contribution is -1.91. The molecule has 0 aliphatic rings. The molecule has 4 aromatic rings. The van der Waals surface area contributed by atoms with Gasteiger partial charge in [-0.25, -0.2) is 4.98 Å². The quantitative estimate of drug-likeness (QED) is 0.275. The molecular weight excluding hydrogens is 386 g/mol. The van der Waals surface area contributed by atoms with Crippen molar-refractivity contribution in [3.8, 4) is 23.0 Å². The Morgan fingerprint density at radius 2 is 1.93 bits per heavy atom. The number of hydrogen-bond donors (Lipinski definition) is 2. The summed E-state index contributed by atoms with van der Waals surface area (Å²) in [6.45, 7) is 3.90. The number of hydrogen-bond acceptors (Lipinski definition) is 7. The summed E-state index contributed by atoms with van der Waals surface area (Å²) in [5.41, 5.74) is 3.94. The van der Waals surface area contributed by atoms with Gasteiger partial charge in [0, 0.05) is 17.8 Å². The number of aromatic nitrogens is 1. The van der Waals surface area contributed by atoms with E-state index in [4.69, 9.17) is 4.42 Å². The molecule has 0 aliphatic heterocycles. The minimum Gasteiger partial charge on any atom is -0.507 e. The predicted molar refractivity (Wildman–Crippen MR) is 113 cm³/mol. The summed E-state index contributed by atoms with van der Waals surface area (Å²) in [7, 11) is 0. The van der Waals surface area contributed by atoms with Crippen LogP contribution in [-0.2, 0) is 0 Å². The van der Waals surface area contributed by atoms with Gasteiger partial charge in [-0.15, -0.1) is 0 Å². The number of nitrogens with zero attached hydrogens (tertiary/aromatic N) is 3. The van der Waals surface area contributed by atoms with E-state index < -0.39 is 16.4 Å². The Morgan fingerprint density at radius 1 is 1.13 bits per heavy atom. The maximum Gasteiger partial charge on any atom is 0.311 e. The molecule has 0 atom stereocenters. The highest BCUT2D eigenvalue weighted by Crippen LogP contribution is 2.35. The molecule has 0 unspecified atom stereocenters. The van der Waals surface area contributed by atoms with E-state index in [-0.39, 0.29) is 17.2 Å². The highest BCUT2D eigenvalue weighted by Gasteiger charge is 2.16. The zero-order valence-electron chi connectivity index (χ0n) is 16.2. The molecule has 1 aromatic heterocycles. The molecule has 0 radical (unpaired) electrons. The monoisotopic (exact) mass is 403 g/mol. The van der Waals surface area contributed by atoms with Crippen LogP contribution in [0.25, 0.3) is 22.6 Å². The Balaban J connectivity index is 1.73. The average Bonchev–Trinajstić information content (AvgIpc) is 3.12. The van der Waals surface area contributed by atoms with Crippen molar-refractivity contribution in [1.82, 2.24) is 4.98 Å². The van der Waals surface area contributed by atoms with Crippen LogP contribution in [0.15, 0.2) is 57.9 Å². The topological polar surface area (TPSA) is 122 Å². The van der Waals surface area contributed by atoms with Crippen molar-refractivity contribution in [3.63, 3.8) is 0 Å².